The average molecular weight is 1370 g/mol. The van der Waals surface area contributed by atoms with Crippen molar-refractivity contribution in [2.75, 3.05) is 36.9 Å². The number of anilines is 2. The molecule has 1 saturated heterocycles. The molecule has 3 aliphatic carbocycles. The number of aldehydes is 1. The second kappa shape index (κ2) is 33.9. The summed E-state index contributed by atoms with van der Waals surface area (Å²) < 4.78 is 112. The van der Waals surface area contributed by atoms with E-state index >= 15 is 0 Å². The molecule has 2 aromatic heterocycles. The number of aromatic nitrogens is 2. The van der Waals surface area contributed by atoms with Crippen LogP contribution >= 0.6 is 22.7 Å². The first kappa shape index (κ1) is 75.1. The minimum absolute atomic E-state index is 0.0605. The van der Waals surface area contributed by atoms with Gasteiger partial charge >= 0.3 is 30.5 Å². The van der Waals surface area contributed by atoms with Crippen molar-refractivity contribution >= 4 is 84.8 Å². The predicted molar refractivity (Wildman–Crippen MR) is 349 cm³/mol. The minimum atomic E-state index is -4.64. The van der Waals surface area contributed by atoms with Crippen molar-refractivity contribution < 1.29 is 72.9 Å². The topological polar surface area (TPSA) is 301 Å². The lowest BCUT2D eigenvalue weighted by molar-refractivity contribution is -0.156. The number of carbonyl (C=O) groups excluding carboxylic acids is 5. The fraction of sp³-hybridized carbons (Fsp3) is 0.635. The van der Waals surface area contributed by atoms with Crippen LogP contribution in [0.1, 0.15) is 187 Å². The van der Waals surface area contributed by atoms with Gasteiger partial charge in [-0.1, -0.05) is 31.4 Å². The van der Waals surface area contributed by atoms with Gasteiger partial charge in [0.15, 0.2) is 0 Å². The van der Waals surface area contributed by atoms with E-state index in [-0.39, 0.29) is 58.1 Å². The summed E-state index contributed by atoms with van der Waals surface area (Å²) >= 11 is 2.96. The number of hydrogen-bond donors (Lipinski definition) is 7. The van der Waals surface area contributed by atoms with E-state index in [2.05, 4.69) is 46.0 Å². The van der Waals surface area contributed by atoms with Crippen LogP contribution in [0.25, 0.3) is 20.9 Å². The number of halogens is 3. The highest BCUT2D eigenvalue weighted by Crippen LogP contribution is 2.42. The smallest absolute Gasteiger partial charge is 0.446 e. The van der Waals surface area contributed by atoms with Crippen molar-refractivity contribution in [2.45, 2.75) is 229 Å². The standard InChI is InChI=1S/C31H46N4O6S2.C30H45N5O6S2.C2HF3O/c1-20(2)41-30(37)33-23-13-11-22(12-14-23)28-32-18-26(42-28)25-16-15-24(17-27(25)43(38,39)35-31(3,4)5)34-29(36)40-19-21-9-7-6-8-10-21;1-19(2)41-29(37)33-22-8-6-21(7-9-22)27-32-17-25(42-27)24-11-10-23(16-26(24)43(38,39)35-30(3,4)5)34-28(36)40-18-20-12-14-31-15-13-20;3-2(4,5)1-6/h15-18,20-23,35H,6-14,19H2,1-5H3,(H,33,37)(H,34,36);10-11,16-17,19-22,31,35H,6-9,12-15,18H2,1-5H3,(H,33,37)(H,34,36);1H. The number of alkyl carbamates (subject to hydrolysis) is 2. The molecule has 0 radical (unpaired) electrons. The Hall–Kier alpha value is -5.98. The molecule has 4 aliphatic rings. The number of thiazole rings is 2. The van der Waals surface area contributed by atoms with E-state index < -0.39 is 55.8 Å². The number of piperidine rings is 1. The maximum Gasteiger partial charge on any atom is 0.446 e. The van der Waals surface area contributed by atoms with Gasteiger partial charge in [0.1, 0.15) is 0 Å². The van der Waals surface area contributed by atoms with Crippen molar-refractivity contribution in [3.05, 3.63) is 58.8 Å². The number of alkyl halides is 3. The van der Waals surface area contributed by atoms with Gasteiger partial charge in [-0.15, -0.1) is 22.7 Å². The van der Waals surface area contributed by atoms with Gasteiger partial charge in [0.25, 0.3) is 0 Å². The Balaban J connectivity index is 0.000000268. The van der Waals surface area contributed by atoms with Crippen LogP contribution in [-0.2, 0) is 43.8 Å². The van der Waals surface area contributed by atoms with Gasteiger partial charge in [0.05, 0.1) is 55.0 Å². The first-order valence-corrected chi connectivity index (χ1v) is 36.1. The number of amides is 4. The van der Waals surface area contributed by atoms with E-state index in [0.717, 1.165) is 123 Å². The summed E-state index contributed by atoms with van der Waals surface area (Å²) in [7, 11) is -7.89. The van der Waals surface area contributed by atoms with Crippen LogP contribution in [0, 0.1) is 11.8 Å². The Bertz CT molecular complexity index is 3100. The highest BCUT2D eigenvalue weighted by molar-refractivity contribution is 7.90. The number of hydrogen-bond acceptors (Lipinski definition) is 18. The van der Waals surface area contributed by atoms with Gasteiger partial charge in [-0.3, -0.25) is 15.4 Å². The van der Waals surface area contributed by atoms with Crippen molar-refractivity contribution in [1.82, 2.24) is 35.4 Å². The number of sulfonamides is 2. The SMILES string of the molecule is CC(C)OC(=O)NC1CCC(c2ncc(-c3ccc(NC(=O)OCC4CCCCC4)cc3S(=O)(=O)NC(C)(C)C)s2)CC1.CC(C)OC(=O)NC1CCC(c2ncc(-c3ccc(NC(=O)OCC4CCNCC4)cc3S(=O)(=O)NC(C)(C)C)s2)CC1.O=CC(F)(F)F. The molecule has 22 nitrogen and oxygen atoms in total. The maximum absolute atomic E-state index is 13.6. The number of nitrogens with one attached hydrogen (secondary N) is 7. The van der Waals surface area contributed by atoms with Crippen LogP contribution in [0.15, 0.2) is 58.6 Å². The molecule has 4 amide bonds. The maximum atomic E-state index is 13.6. The summed E-state index contributed by atoms with van der Waals surface area (Å²) in [5.74, 6) is 1.14. The summed E-state index contributed by atoms with van der Waals surface area (Å²) in [5.41, 5.74) is 0.305. The average Bonchev–Trinajstić information content (AvgIpc) is 1.40. The molecule has 512 valence electrons. The highest BCUT2D eigenvalue weighted by atomic mass is 32.2. The molecule has 0 spiro atoms. The summed E-state index contributed by atoms with van der Waals surface area (Å²) in [6.07, 6.45) is 9.71. The molecular weight excluding hydrogens is 1280 g/mol. The van der Waals surface area contributed by atoms with E-state index in [9.17, 15) is 49.2 Å². The molecule has 3 saturated carbocycles. The zero-order chi connectivity index (χ0) is 67.6. The zero-order valence-corrected chi connectivity index (χ0v) is 57.5. The zero-order valence-electron chi connectivity index (χ0n) is 54.2. The first-order chi connectivity index (χ1) is 43.1. The number of carbonyl (C=O) groups is 5. The van der Waals surface area contributed by atoms with Crippen LogP contribution < -0.4 is 36.0 Å². The van der Waals surface area contributed by atoms with Gasteiger partial charge in [-0.2, -0.15) is 13.2 Å². The van der Waals surface area contributed by atoms with E-state index in [1.54, 1.807) is 78.2 Å². The Labute approximate surface area is 547 Å². The molecule has 4 fully saturated rings. The second-order valence-electron chi connectivity index (χ2n) is 26.4. The van der Waals surface area contributed by atoms with Gasteiger partial charge < -0.3 is 34.9 Å². The third-order valence-electron chi connectivity index (χ3n) is 15.2. The fourth-order valence-electron chi connectivity index (χ4n) is 11.1. The first-order valence-electron chi connectivity index (χ1n) is 31.5. The number of ether oxygens (including phenoxy) is 4. The van der Waals surface area contributed by atoms with Gasteiger partial charge in [-0.05, 0) is 195 Å². The van der Waals surface area contributed by atoms with Crippen LogP contribution in [0.3, 0.4) is 0 Å². The summed E-state index contributed by atoms with van der Waals surface area (Å²) in [4.78, 5) is 68.7. The lowest BCUT2D eigenvalue weighted by Crippen LogP contribution is -2.40. The third-order valence-corrected chi connectivity index (χ3v) is 21.2. The lowest BCUT2D eigenvalue weighted by atomic mass is 9.86. The summed E-state index contributed by atoms with van der Waals surface area (Å²) in [6, 6.07) is 9.89. The van der Waals surface area contributed by atoms with Gasteiger partial charge in [-0.25, -0.2) is 55.4 Å². The largest absolute Gasteiger partial charge is 0.449 e. The Morgan fingerprint density at radius 3 is 1.29 bits per heavy atom. The molecule has 4 aromatic rings. The Morgan fingerprint density at radius 1 is 0.576 bits per heavy atom. The predicted octanol–water partition coefficient (Wildman–Crippen LogP) is 13.5. The van der Waals surface area contributed by atoms with Crippen LogP contribution in [0.4, 0.5) is 43.7 Å². The van der Waals surface area contributed by atoms with Crippen LogP contribution in [0.2, 0.25) is 0 Å². The molecule has 3 heterocycles. The van der Waals surface area contributed by atoms with Gasteiger partial charge in [0.2, 0.25) is 26.3 Å². The van der Waals surface area contributed by atoms with E-state index in [0.29, 0.717) is 47.6 Å². The molecule has 8 rings (SSSR count). The molecule has 92 heavy (non-hydrogen) atoms. The van der Waals surface area contributed by atoms with Crippen molar-refractivity contribution in [3.63, 3.8) is 0 Å². The highest BCUT2D eigenvalue weighted by Gasteiger charge is 2.33. The van der Waals surface area contributed by atoms with Gasteiger partial charge in [0, 0.05) is 69.9 Å². The number of nitrogens with zero attached hydrogens (tertiary/aromatic N) is 2. The normalized spacial score (nSPS) is 19.5. The molecule has 0 atom stereocenters. The summed E-state index contributed by atoms with van der Waals surface area (Å²) in [6.45, 7) is 20.5. The molecule has 1 aliphatic heterocycles. The molecule has 29 heteroatoms. The van der Waals surface area contributed by atoms with Crippen molar-refractivity contribution in [1.29, 1.82) is 0 Å². The fourth-order valence-corrected chi connectivity index (χ4v) is 16.8. The Kier molecular flexibility index (Phi) is 27.7. The van der Waals surface area contributed by atoms with Crippen molar-refractivity contribution in [2.24, 2.45) is 11.8 Å². The lowest BCUT2D eigenvalue weighted by Gasteiger charge is -2.28. The van der Waals surface area contributed by atoms with E-state index in [4.69, 9.17) is 23.7 Å². The van der Waals surface area contributed by atoms with E-state index in [1.807, 2.05) is 27.7 Å². The second-order valence-corrected chi connectivity index (χ2v) is 31.8. The molecule has 0 bridgehead atoms. The van der Waals surface area contributed by atoms with E-state index in [1.165, 1.54) is 41.2 Å². The third kappa shape index (κ3) is 25.4. The van der Waals surface area contributed by atoms with Crippen LogP contribution in [0.5, 0.6) is 0 Å². The quantitative estimate of drug-likeness (QED) is 0.0360. The van der Waals surface area contributed by atoms with Crippen LogP contribution in [-0.4, -0.2) is 125 Å². The molecule has 2 aromatic carbocycles. The minimum Gasteiger partial charge on any atom is -0.449 e. The molecule has 7 N–H and O–H groups in total. The molecular formula is C63H92F3N9O13S4. The Morgan fingerprint density at radius 2 is 0.946 bits per heavy atom. The number of benzene rings is 2. The van der Waals surface area contributed by atoms with Crippen molar-refractivity contribution in [3.8, 4) is 20.9 Å². The molecule has 0 unspecified atom stereocenters. The number of rotatable bonds is 18. The monoisotopic (exact) mass is 1370 g/mol. The summed E-state index contributed by atoms with van der Waals surface area (Å²) in [5, 5.41) is 16.5.